The number of fused-ring (bicyclic) bond motifs is 2. The summed E-state index contributed by atoms with van der Waals surface area (Å²) in [5, 5.41) is 0. The third-order valence-corrected chi connectivity index (χ3v) is 4.43. The Morgan fingerprint density at radius 2 is 2.00 bits per heavy atom. The van der Waals surface area contributed by atoms with E-state index in [1.807, 2.05) is 0 Å². The van der Waals surface area contributed by atoms with Crippen molar-refractivity contribution >= 4 is 0 Å². The second-order valence-corrected chi connectivity index (χ2v) is 5.29. The van der Waals surface area contributed by atoms with Gasteiger partial charge in [-0.1, -0.05) is 6.42 Å². The lowest BCUT2D eigenvalue weighted by Gasteiger charge is -2.31. The Bertz CT molecular complexity index is 204. The van der Waals surface area contributed by atoms with Crippen LogP contribution in [0, 0.1) is 11.8 Å². The number of hydrogen-bond acceptors (Lipinski definition) is 2. The smallest absolute Gasteiger partial charge is 0.0180 e. The van der Waals surface area contributed by atoms with Crippen LogP contribution in [0.4, 0.5) is 0 Å². The molecule has 3 rings (SSSR count). The third-order valence-electron chi connectivity index (χ3n) is 4.43. The number of nitrogens with zero attached hydrogens (tertiary/aromatic N) is 1. The van der Waals surface area contributed by atoms with Crippen molar-refractivity contribution in [2.24, 2.45) is 17.6 Å². The maximum absolute atomic E-state index is 5.95. The molecule has 4 unspecified atom stereocenters. The second kappa shape index (κ2) is 2.96. The summed E-state index contributed by atoms with van der Waals surface area (Å²) >= 11 is 0. The first-order valence-corrected chi connectivity index (χ1v) is 5.82. The van der Waals surface area contributed by atoms with Gasteiger partial charge in [-0.25, -0.2) is 0 Å². The molecule has 74 valence electrons. The van der Waals surface area contributed by atoms with Crippen LogP contribution in [0.25, 0.3) is 0 Å². The number of hydrogen-bond donors (Lipinski definition) is 1. The van der Waals surface area contributed by atoms with Gasteiger partial charge in [-0.3, -0.25) is 4.90 Å². The molecular weight excluding hydrogens is 160 g/mol. The van der Waals surface area contributed by atoms with Gasteiger partial charge >= 0.3 is 0 Å². The zero-order valence-electron chi connectivity index (χ0n) is 8.28. The number of rotatable bonds is 1. The van der Waals surface area contributed by atoms with Gasteiger partial charge in [0.1, 0.15) is 0 Å². The molecule has 2 aliphatic carbocycles. The predicted octanol–water partition coefficient (Wildman–Crippen LogP) is 1.21. The molecule has 2 bridgehead atoms. The van der Waals surface area contributed by atoms with E-state index >= 15 is 0 Å². The number of nitrogens with two attached hydrogens (primary N) is 1. The molecule has 0 spiro atoms. The summed E-state index contributed by atoms with van der Waals surface area (Å²) in [6.07, 6.45) is 7.25. The molecule has 0 aromatic heterocycles. The second-order valence-electron chi connectivity index (χ2n) is 5.29. The first kappa shape index (κ1) is 8.25. The Morgan fingerprint density at radius 1 is 1.08 bits per heavy atom. The van der Waals surface area contributed by atoms with Crippen LogP contribution in [0.15, 0.2) is 0 Å². The summed E-state index contributed by atoms with van der Waals surface area (Å²) < 4.78 is 0. The maximum Gasteiger partial charge on any atom is 0.0180 e. The minimum atomic E-state index is 0.471. The lowest BCUT2D eigenvalue weighted by molar-refractivity contribution is 0.174. The van der Waals surface area contributed by atoms with E-state index in [1.165, 1.54) is 45.2 Å². The summed E-state index contributed by atoms with van der Waals surface area (Å²) in [4.78, 5) is 2.68. The van der Waals surface area contributed by atoms with Crippen LogP contribution in [0.3, 0.4) is 0 Å². The Hall–Kier alpha value is -0.0800. The van der Waals surface area contributed by atoms with Gasteiger partial charge in [0.2, 0.25) is 0 Å². The minimum Gasteiger partial charge on any atom is -0.326 e. The first-order valence-electron chi connectivity index (χ1n) is 5.82. The normalized spacial score (nSPS) is 50.5. The average molecular weight is 180 g/mol. The van der Waals surface area contributed by atoms with Crippen molar-refractivity contribution in [3.8, 4) is 0 Å². The molecule has 4 atom stereocenters. The Morgan fingerprint density at radius 3 is 2.54 bits per heavy atom. The van der Waals surface area contributed by atoms with Crippen LogP contribution >= 0.6 is 0 Å². The largest absolute Gasteiger partial charge is 0.326 e. The van der Waals surface area contributed by atoms with Crippen molar-refractivity contribution in [2.75, 3.05) is 13.1 Å². The maximum atomic E-state index is 5.95. The van der Waals surface area contributed by atoms with Gasteiger partial charge < -0.3 is 5.73 Å². The topological polar surface area (TPSA) is 29.3 Å². The van der Waals surface area contributed by atoms with Crippen LogP contribution in [0.5, 0.6) is 0 Å². The minimum absolute atomic E-state index is 0.471. The lowest BCUT2D eigenvalue weighted by atomic mass is 9.94. The number of likely N-dealkylation sites (tertiary alicyclic amines) is 1. The van der Waals surface area contributed by atoms with E-state index in [2.05, 4.69) is 4.90 Å². The van der Waals surface area contributed by atoms with E-state index in [1.54, 1.807) is 0 Å². The van der Waals surface area contributed by atoms with Gasteiger partial charge in [0, 0.05) is 25.2 Å². The van der Waals surface area contributed by atoms with Gasteiger partial charge in [-0.2, -0.15) is 0 Å². The highest BCUT2D eigenvalue weighted by Gasteiger charge is 2.43. The SMILES string of the molecule is NC1CCN(C2CC3CCC2C3)C1. The molecule has 2 saturated carbocycles. The van der Waals surface area contributed by atoms with Crippen molar-refractivity contribution in [1.82, 2.24) is 4.90 Å². The van der Waals surface area contributed by atoms with E-state index in [0.717, 1.165) is 17.9 Å². The molecule has 2 nitrogen and oxygen atoms in total. The van der Waals surface area contributed by atoms with Crippen LogP contribution in [0.1, 0.15) is 32.1 Å². The molecule has 0 aromatic rings. The highest BCUT2D eigenvalue weighted by Crippen LogP contribution is 2.47. The quantitative estimate of drug-likeness (QED) is 0.657. The van der Waals surface area contributed by atoms with Gasteiger partial charge in [0.25, 0.3) is 0 Å². The van der Waals surface area contributed by atoms with Crippen molar-refractivity contribution in [3.63, 3.8) is 0 Å². The summed E-state index contributed by atoms with van der Waals surface area (Å²) in [5.41, 5.74) is 5.95. The van der Waals surface area contributed by atoms with Crippen LogP contribution < -0.4 is 5.73 Å². The van der Waals surface area contributed by atoms with Gasteiger partial charge in [0.05, 0.1) is 0 Å². The molecule has 2 N–H and O–H groups in total. The monoisotopic (exact) mass is 180 g/mol. The summed E-state index contributed by atoms with van der Waals surface area (Å²) in [6, 6.07) is 1.39. The molecule has 0 radical (unpaired) electrons. The van der Waals surface area contributed by atoms with Gasteiger partial charge in [-0.05, 0) is 37.5 Å². The zero-order chi connectivity index (χ0) is 8.84. The Balaban J connectivity index is 1.66. The molecule has 3 aliphatic rings. The van der Waals surface area contributed by atoms with Crippen LogP contribution in [0.2, 0.25) is 0 Å². The first-order chi connectivity index (χ1) is 6.33. The van der Waals surface area contributed by atoms with E-state index in [4.69, 9.17) is 5.73 Å². The highest BCUT2D eigenvalue weighted by molar-refractivity contribution is 4.97. The van der Waals surface area contributed by atoms with Crippen LogP contribution in [-0.2, 0) is 0 Å². The van der Waals surface area contributed by atoms with Crippen LogP contribution in [-0.4, -0.2) is 30.1 Å². The predicted molar refractivity (Wildman–Crippen MR) is 53.4 cm³/mol. The molecular formula is C11H20N2. The molecule has 3 fully saturated rings. The molecule has 13 heavy (non-hydrogen) atoms. The Labute approximate surface area is 80.5 Å². The molecule has 1 aliphatic heterocycles. The third kappa shape index (κ3) is 1.31. The van der Waals surface area contributed by atoms with Crippen molar-refractivity contribution in [1.29, 1.82) is 0 Å². The lowest BCUT2D eigenvalue weighted by Crippen LogP contribution is -2.38. The summed E-state index contributed by atoms with van der Waals surface area (Å²) in [7, 11) is 0. The van der Waals surface area contributed by atoms with Gasteiger partial charge in [-0.15, -0.1) is 0 Å². The van der Waals surface area contributed by atoms with Gasteiger partial charge in [0.15, 0.2) is 0 Å². The van der Waals surface area contributed by atoms with E-state index in [0.29, 0.717) is 6.04 Å². The average Bonchev–Trinajstić information content (AvgIpc) is 2.77. The summed E-state index contributed by atoms with van der Waals surface area (Å²) in [6.45, 7) is 2.45. The Kier molecular flexibility index (Phi) is 1.88. The van der Waals surface area contributed by atoms with E-state index in [-0.39, 0.29) is 0 Å². The molecule has 1 saturated heterocycles. The van der Waals surface area contributed by atoms with Crippen molar-refractivity contribution < 1.29 is 0 Å². The van der Waals surface area contributed by atoms with Crippen molar-refractivity contribution in [3.05, 3.63) is 0 Å². The standard InChI is InChI=1S/C11H20N2/c12-10-3-4-13(7-10)11-6-8-1-2-9(11)5-8/h8-11H,1-7,12H2. The van der Waals surface area contributed by atoms with E-state index < -0.39 is 0 Å². The molecule has 0 amide bonds. The fraction of sp³-hybridized carbons (Fsp3) is 1.00. The molecule has 2 heteroatoms. The van der Waals surface area contributed by atoms with E-state index in [9.17, 15) is 0 Å². The zero-order valence-corrected chi connectivity index (χ0v) is 8.28. The van der Waals surface area contributed by atoms with Crippen molar-refractivity contribution in [2.45, 2.75) is 44.2 Å². The fourth-order valence-electron chi connectivity index (χ4n) is 3.78. The molecule has 1 heterocycles. The molecule has 0 aromatic carbocycles. The highest BCUT2D eigenvalue weighted by atomic mass is 15.2. The summed E-state index contributed by atoms with van der Waals surface area (Å²) in [5.74, 6) is 2.11. The fourth-order valence-corrected chi connectivity index (χ4v) is 3.78.